The summed E-state index contributed by atoms with van der Waals surface area (Å²) in [6.45, 7) is 7.53. The van der Waals surface area contributed by atoms with Crippen LogP contribution in [-0.2, 0) is 9.53 Å². The average molecular weight is 143 g/mol. The number of rotatable bonds is 4. The van der Waals surface area contributed by atoms with E-state index in [0.29, 0.717) is 6.42 Å². The number of carbonyl (C=O) groups excluding carboxylic acids is 1. The highest BCUT2D eigenvalue weighted by molar-refractivity contribution is 5.69. The fraction of sp³-hybridized carbons (Fsp3) is 0.750. The molecule has 1 unspecified atom stereocenters. The smallest absolute Gasteiger partial charge is 0.306 e. The van der Waals surface area contributed by atoms with E-state index >= 15 is 0 Å². The van der Waals surface area contributed by atoms with Crippen LogP contribution < -0.4 is 0 Å². The molecule has 0 saturated heterocycles. The fourth-order valence-corrected chi connectivity index (χ4v) is 0.532. The second-order valence-electron chi connectivity index (χ2n) is 2.27. The van der Waals surface area contributed by atoms with Gasteiger partial charge in [-0.15, -0.1) is 0 Å². The van der Waals surface area contributed by atoms with Crippen molar-refractivity contribution in [2.24, 2.45) is 0 Å². The molecule has 0 spiro atoms. The van der Waals surface area contributed by atoms with Crippen molar-refractivity contribution in [2.45, 2.75) is 39.2 Å². The van der Waals surface area contributed by atoms with Gasteiger partial charge < -0.3 is 4.74 Å². The lowest BCUT2D eigenvalue weighted by Crippen LogP contribution is -2.13. The Hall–Kier alpha value is -0.530. The predicted molar refractivity (Wildman–Crippen MR) is 40.4 cm³/mol. The first-order valence-corrected chi connectivity index (χ1v) is 3.73. The van der Waals surface area contributed by atoms with Gasteiger partial charge in [0.15, 0.2) is 0 Å². The van der Waals surface area contributed by atoms with Gasteiger partial charge in [-0.05, 0) is 19.8 Å². The number of ether oxygens (including phenoxy) is 1. The maximum atomic E-state index is 10.8. The SMILES string of the molecule is [CH2]C(CC)OC(=O)CCC. The summed E-state index contributed by atoms with van der Waals surface area (Å²) in [5.74, 6) is -0.135. The average Bonchev–Trinajstić information content (AvgIpc) is 1.88. The molecule has 0 aliphatic heterocycles. The minimum absolute atomic E-state index is 0.135. The first-order valence-electron chi connectivity index (χ1n) is 3.73. The first-order chi connectivity index (χ1) is 4.70. The molecule has 0 bridgehead atoms. The minimum Gasteiger partial charge on any atom is -0.462 e. The Balaban J connectivity index is 3.37. The number of esters is 1. The Labute approximate surface area is 62.6 Å². The number of hydrogen-bond acceptors (Lipinski definition) is 2. The van der Waals surface area contributed by atoms with Crippen LogP contribution in [0.3, 0.4) is 0 Å². The lowest BCUT2D eigenvalue weighted by Gasteiger charge is -2.09. The monoisotopic (exact) mass is 143 g/mol. The topological polar surface area (TPSA) is 26.3 Å². The summed E-state index contributed by atoms with van der Waals surface area (Å²) >= 11 is 0. The van der Waals surface area contributed by atoms with E-state index < -0.39 is 0 Å². The molecule has 59 valence electrons. The molecule has 0 aromatic carbocycles. The van der Waals surface area contributed by atoms with Crippen LogP contribution in [0.4, 0.5) is 0 Å². The number of carbonyl (C=O) groups is 1. The quantitative estimate of drug-likeness (QED) is 0.562. The van der Waals surface area contributed by atoms with Crippen LogP contribution in [0.25, 0.3) is 0 Å². The molecule has 1 radical (unpaired) electrons. The zero-order valence-corrected chi connectivity index (χ0v) is 6.72. The van der Waals surface area contributed by atoms with E-state index in [4.69, 9.17) is 4.74 Å². The summed E-state index contributed by atoms with van der Waals surface area (Å²) in [6, 6.07) is 0. The molecule has 2 nitrogen and oxygen atoms in total. The Bertz CT molecular complexity index is 99.4. The Morgan fingerprint density at radius 3 is 2.60 bits per heavy atom. The molecule has 0 aliphatic carbocycles. The summed E-state index contributed by atoms with van der Waals surface area (Å²) in [6.07, 6.45) is 1.97. The van der Waals surface area contributed by atoms with E-state index in [1.165, 1.54) is 0 Å². The van der Waals surface area contributed by atoms with Gasteiger partial charge in [-0.25, -0.2) is 0 Å². The molecule has 2 heteroatoms. The van der Waals surface area contributed by atoms with Crippen molar-refractivity contribution >= 4 is 5.97 Å². The maximum Gasteiger partial charge on any atom is 0.306 e. The van der Waals surface area contributed by atoms with Crippen LogP contribution >= 0.6 is 0 Å². The van der Waals surface area contributed by atoms with Crippen LogP contribution in [-0.4, -0.2) is 12.1 Å². The lowest BCUT2D eigenvalue weighted by atomic mass is 10.3. The molecule has 1 atom stereocenters. The highest BCUT2D eigenvalue weighted by Crippen LogP contribution is 1.99. The predicted octanol–water partition coefficient (Wildman–Crippen LogP) is 1.94. The van der Waals surface area contributed by atoms with Crippen LogP contribution in [0.15, 0.2) is 0 Å². The molecule has 0 fully saturated rings. The van der Waals surface area contributed by atoms with Gasteiger partial charge in [0, 0.05) is 6.42 Å². The molecule has 0 rings (SSSR count). The molecule has 0 heterocycles. The van der Waals surface area contributed by atoms with E-state index in [1.54, 1.807) is 0 Å². The van der Waals surface area contributed by atoms with Gasteiger partial charge in [0.2, 0.25) is 0 Å². The third-order valence-electron chi connectivity index (χ3n) is 1.21. The Morgan fingerprint density at radius 2 is 2.20 bits per heavy atom. The third kappa shape index (κ3) is 4.36. The van der Waals surface area contributed by atoms with Gasteiger partial charge in [0.25, 0.3) is 0 Å². The van der Waals surface area contributed by atoms with Gasteiger partial charge >= 0.3 is 5.97 Å². The van der Waals surface area contributed by atoms with Crippen molar-refractivity contribution in [3.63, 3.8) is 0 Å². The van der Waals surface area contributed by atoms with Gasteiger partial charge in [-0.2, -0.15) is 0 Å². The summed E-state index contributed by atoms with van der Waals surface area (Å²) < 4.78 is 4.89. The normalized spacial score (nSPS) is 12.7. The fourth-order valence-electron chi connectivity index (χ4n) is 0.532. The van der Waals surface area contributed by atoms with Gasteiger partial charge in [-0.3, -0.25) is 4.79 Å². The summed E-state index contributed by atoms with van der Waals surface area (Å²) in [5, 5.41) is 0. The zero-order valence-electron chi connectivity index (χ0n) is 6.72. The van der Waals surface area contributed by atoms with Gasteiger partial charge in [-0.1, -0.05) is 13.8 Å². The van der Waals surface area contributed by atoms with Crippen molar-refractivity contribution < 1.29 is 9.53 Å². The minimum atomic E-state index is -0.168. The first kappa shape index (κ1) is 9.47. The van der Waals surface area contributed by atoms with Gasteiger partial charge in [0.05, 0.1) is 0 Å². The van der Waals surface area contributed by atoms with Crippen molar-refractivity contribution in [1.29, 1.82) is 0 Å². The van der Waals surface area contributed by atoms with Crippen molar-refractivity contribution in [2.75, 3.05) is 0 Å². The second kappa shape index (κ2) is 5.27. The molecular weight excluding hydrogens is 128 g/mol. The largest absolute Gasteiger partial charge is 0.462 e. The van der Waals surface area contributed by atoms with E-state index in [-0.39, 0.29) is 12.1 Å². The van der Waals surface area contributed by atoms with E-state index in [2.05, 4.69) is 6.92 Å². The van der Waals surface area contributed by atoms with E-state index in [0.717, 1.165) is 12.8 Å². The van der Waals surface area contributed by atoms with Crippen molar-refractivity contribution in [3.05, 3.63) is 6.92 Å². The number of hydrogen-bond donors (Lipinski definition) is 0. The van der Waals surface area contributed by atoms with E-state index in [9.17, 15) is 4.79 Å². The molecular formula is C8H15O2. The zero-order chi connectivity index (χ0) is 7.98. The van der Waals surface area contributed by atoms with Crippen molar-refractivity contribution in [1.82, 2.24) is 0 Å². The Morgan fingerprint density at radius 1 is 1.60 bits per heavy atom. The van der Waals surface area contributed by atoms with E-state index in [1.807, 2.05) is 13.8 Å². The highest BCUT2D eigenvalue weighted by Gasteiger charge is 2.04. The Kier molecular flexibility index (Phi) is 4.99. The maximum absolute atomic E-state index is 10.8. The third-order valence-corrected chi connectivity index (χ3v) is 1.21. The molecule has 0 aromatic heterocycles. The van der Waals surface area contributed by atoms with Crippen LogP contribution in [0.2, 0.25) is 0 Å². The van der Waals surface area contributed by atoms with Crippen LogP contribution in [0, 0.1) is 6.92 Å². The summed E-state index contributed by atoms with van der Waals surface area (Å²) in [4.78, 5) is 10.8. The highest BCUT2D eigenvalue weighted by atomic mass is 16.5. The van der Waals surface area contributed by atoms with Gasteiger partial charge in [0.1, 0.15) is 6.10 Å². The van der Waals surface area contributed by atoms with Crippen molar-refractivity contribution in [3.8, 4) is 0 Å². The lowest BCUT2D eigenvalue weighted by molar-refractivity contribution is -0.147. The second-order valence-corrected chi connectivity index (χ2v) is 2.27. The summed E-state index contributed by atoms with van der Waals surface area (Å²) in [5.41, 5.74) is 0. The molecule has 0 aromatic rings. The molecule has 0 aliphatic rings. The molecule has 0 saturated carbocycles. The molecule has 0 amide bonds. The molecule has 0 N–H and O–H groups in total. The summed E-state index contributed by atoms with van der Waals surface area (Å²) in [7, 11) is 0. The molecule has 10 heavy (non-hydrogen) atoms. The standard InChI is InChI=1S/C8H15O2/c1-4-6-8(9)10-7(3)5-2/h7H,3-6H2,1-2H3. The van der Waals surface area contributed by atoms with Crippen LogP contribution in [0.5, 0.6) is 0 Å². The van der Waals surface area contributed by atoms with Crippen LogP contribution in [0.1, 0.15) is 33.1 Å².